The summed E-state index contributed by atoms with van der Waals surface area (Å²) in [7, 11) is -6.69. The number of esters is 2. The number of sulfone groups is 1. The highest BCUT2D eigenvalue weighted by molar-refractivity contribution is 14.1. The molecule has 6 aromatic rings. The van der Waals surface area contributed by atoms with Crippen molar-refractivity contribution in [2.24, 2.45) is 0 Å². The van der Waals surface area contributed by atoms with Crippen LogP contribution < -0.4 is 14.2 Å². The molecule has 0 bridgehead atoms. The molecule has 0 aliphatic heterocycles. The van der Waals surface area contributed by atoms with Gasteiger partial charge < -0.3 is 14.2 Å². The lowest BCUT2D eigenvalue weighted by Crippen LogP contribution is -2.13. The second-order valence-electron chi connectivity index (χ2n) is 13.0. The van der Waals surface area contributed by atoms with Crippen LogP contribution in [0.25, 0.3) is 0 Å². The smallest absolute Gasteiger partial charge is 0.337 e. The molecule has 0 fully saturated rings. The number of sulfonamides is 2. The van der Waals surface area contributed by atoms with Crippen LogP contribution in [0.15, 0.2) is 159 Å². The average Bonchev–Trinajstić information content (AvgIpc) is 3.27. The number of carbonyl (C=O) groups is 2. The van der Waals surface area contributed by atoms with Crippen LogP contribution in [0.3, 0.4) is 0 Å². The van der Waals surface area contributed by atoms with Crippen LogP contribution >= 0.6 is 46.0 Å². The summed E-state index contributed by atoms with van der Waals surface area (Å²) in [6.07, 6.45) is 1.92. The topological polar surface area (TPSA) is 188 Å². The molecule has 0 aliphatic carbocycles. The Hall–Kier alpha value is -5.12. The molecule has 332 valence electrons. The number of methoxy groups -OCH3 is 3. The lowest BCUT2D eigenvalue weighted by molar-refractivity contribution is 0.0592. The number of anilines is 2. The lowest BCUT2D eigenvalue weighted by Gasteiger charge is -2.09. The van der Waals surface area contributed by atoms with Gasteiger partial charge in [-0.3, -0.25) is 9.44 Å². The number of nitrogens with one attached hydrogen (secondary N) is 2. The number of aryl methyl sites for hydroxylation is 1. The lowest BCUT2D eigenvalue weighted by atomic mass is 10.1. The van der Waals surface area contributed by atoms with Crippen LogP contribution in [0.2, 0.25) is 5.02 Å². The number of thioether (sulfide) groups is 1. The fourth-order valence-corrected chi connectivity index (χ4v) is 9.75. The number of hydrogen-bond acceptors (Lipinski definition) is 12. The Balaban J connectivity index is 0.000000208. The minimum atomic E-state index is -3.70. The number of benzene rings is 6. The second kappa shape index (κ2) is 23.0. The van der Waals surface area contributed by atoms with Crippen LogP contribution in [0.1, 0.15) is 31.8 Å². The quantitative estimate of drug-likeness (QED) is 0.0635. The van der Waals surface area contributed by atoms with Gasteiger partial charge in [0, 0.05) is 24.9 Å². The Morgan fingerprint density at radius 3 is 1.65 bits per heavy atom. The summed E-state index contributed by atoms with van der Waals surface area (Å²) in [6, 6.07) is 37.1. The van der Waals surface area contributed by atoms with Crippen molar-refractivity contribution < 1.29 is 49.1 Å². The van der Waals surface area contributed by atoms with Crippen molar-refractivity contribution in [3.05, 3.63) is 170 Å². The summed E-state index contributed by atoms with van der Waals surface area (Å²) in [5.41, 5.74) is 2.69. The summed E-state index contributed by atoms with van der Waals surface area (Å²) in [5.74, 6) is -0.659. The predicted molar refractivity (Wildman–Crippen MR) is 255 cm³/mol. The normalized spacial score (nSPS) is 11.1. The van der Waals surface area contributed by atoms with E-state index in [1.54, 1.807) is 122 Å². The van der Waals surface area contributed by atoms with E-state index in [1.807, 2.05) is 13.2 Å². The van der Waals surface area contributed by atoms with E-state index in [4.69, 9.17) is 16.3 Å². The summed E-state index contributed by atoms with van der Waals surface area (Å²) < 4.78 is 94.0. The Bertz CT molecular complexity index is 2850. The molecule has 19 heteroatoms. The third-order valence-corrected chi connectivity index (χ3v) is 14.9. The minimum absolute atomic E-state index is 0.161. The van der Waals surface area contributed by atoms with Gasteiger partial charge in [0.05, 0.1) is 52.9 Å². The number of ether oxygens (including phenoxy) is 3. The molecular formula is C44H42ClIN2O11S4. The SMILES string of the molecule is COC(=O)c1ccc(Cl)c(CS(=O)(=O)c2ccc(C)cc2)c1.COC(=O)c1cccc(NS(=O)(=O)c2ccc(SC)cc2)c1.COc1ccc(NS(=O)(=O)c2ccc(I)cc2)cc1. The molecule has 13 nitrogen and oxygen atoms in total. The molecule has 6 aromatic carbocycles. The largest absolute Gasteiger partial charge is 0.497 e. The molecule has 0 atom stereocenters. The van der Waals surface area contributed by atoms with E-state index in [0.29, 0.717) is 27.7 Å². The van der Waals surface area contributed by atoms with Gasteiger partial charge in [0.1, 0.15) is 5.75 Å². The second-order valence-corrected chi connectivity index (χ2v) is 20.9. The standard InChI is InChI=1S/C16H15ClO4S.C15H15NO4S2.C13H12INO3S/c1-11-3-6-14(7-4-11)22(19,20)10-13-9-12(16(18)21-2)5-8-15(13)17;1-20-15(17)11-4-3-5-12(10-11)16-22(18,19)14-8-6-13(21-2)7-9-14;1-18-12-6-4-11(5-7-12)15-19(16,17)13-8-2-10(14)3-9-13/h3-9H,10H2,1-2H3;3-10,16H,1-2H3;2-9,15H,1H3. The molecule has 0 heterocycles. The predicted octanol–water partition coefficient (Wildman–Crippen LogP) is 9.51. The molecule has 2 N–H and O–H groups in total. The fraction of sp³-hybridized carbons (Fsp3) is 0.136. The average molecular weight is 1070 g/mol. The van der Waals surface area contributed by atoms with Gasteiger partial charge in [-0.05, 0) is 163 Å². The zero-order chi connectivity index (χ0) is 46.4. The van der Waals surface area contributed by atoms with Crippen LogP contribution in [-0.4, -0.2) is 64.8 Å². The number of rotatable bonds is 13. The molecule has 0 saturated carbocycles. The molecule has 0 saturated heterocycles. The first kappa shape index (κ1) is 50.5. The maximum atomic E-state index is 12.4. The molecule has 6 rings (SSSR count). The molecule has 0 amide bonds. The highest BCUT2D eigenvalue weighted by Gasteiger charge is 2.19. The van der Waals surface area contributed by atoms with E-state index in [1.165, 1.54) is 50.2 Å². The van der Waals surface area contributed by atoms with Gasteiger partial charge in [-0.1, -0.05) is 35.4 Å². The summed E-state index contributed by atoms with van der Waals surface area (Å²) in [4.78, 5) is 24.6. The third-order valence-electron chi connectivity index (χ3n) is 8.56. The van der Waals surface area contributed by atoms with E-state index in [9.17, 15) is 34.8 Å². The van der Waals surface area contributed by atoms with Crippen molar-refractivity contribution in [1.82, 2.24) is 0 Å². The molecule has 0 aliphatic rings. The van der Waals surface area contributed by atoms with Crippen molar-refractivity contribution in [2.45, 2.75) is 32.3 Å². The Labute approximate surface area is 390 Å². The zero-order valence-corrected chi connectivity index (χ0v) is 40.5. The van der Waals surface area contributed by atoms with Crippen molar-refractivity contribution in [2.75, 3.05) is 37.0 Å². The molecule has 0 radical (unpaired) electrons. The first-order valence-corrected chi connectivity index (χ1v) is 25.5. The molecule has 0 unspecified atom stereocenters. The van der Waals surface area contributed by atoms with Crippen molar-refractivity contribution in [3.63, 3.8) is 0 Å². The Morgan fingerprint density at radius 2 is 1.13 bits per heavy atom. The Kier molecular flexibility index (Phi) is 18.4. The first-order chi connectivity index (χ1) is 29.8. The minimum Gasteiger partial charge on any atom is -0.497 e. The van der Waals surface area contributed by atoms with Gasteiger partial charge in [0.25, 0.3) is 20.0 Å². The van der Waals surface area contributed by atoms with E-state index >= 15 is 0 Å². The van der Waals surface area contributed by atoms with Crippen LogP contribution in [-0.2, 0) is 45.1 Å². The van der Waals surface area contributed by atoms with Gasteiger partial charge >= 0.3 is 11.9 Å². The van der Waals surface area contributed by atoms with Gasteiger partial charge in [0.15, 0.2) is 9.84 Å². The van der Waals surface area contributed by atoms with Crippen molar-refractivity contribution >= 4 is 99.2 Å². The van der Waals surface area contributed by atoms with Gasteiger partial charge in [-0.15, -0.1) is 11.8 Å². The van der Waals surface area contributed by atoms with E-state index in [0.717, 1.165) is 14.0 Å². The zero-order valence-electron chi connectivity index (χ0n) is 34.4. The first-order valence-electron chi connectivity index (χ1n) is 18.2. The van der Waals surface area contributed by atoms with Crippen molar-refractivity contribution in [3.8, 4) is 5.75 Å². The fourth-order valence-electron chi connectivity index (χ4n) is 5.25. The summed E-state index contributed by atoms with van der Waals surface area (Å²) >= 11 is 9.71. The molecular weight excluding hydrogens is 1020 g/mol. The third kappa shape index (κ3) is 15.0. The molecule has 0 aromatic heterocycles. The van der Waals surface area contributed by atoms with Crippen LogP contribution in [0.5, 0.6) is 5.75 Å². The Morgan fingerprint density at radius 1 is 0.619 bits per heavy atom. The van der Waals surface area contributed by atoms with Gasteiger partial charge in [-0.25, -0.2) is 34.8 Å². The maximum Gasteiger partial charge on any atom is 0.337 e. The summed E-state index contributed by atoms with van der Waals surface area (Å²) in [6.45, 7) is 1.88. The van der Waals surface area contributed by atoms with E-state index in [2.05, 4.69) is 41.5 Å². The highest BCUT2D eigenvalue weighted by Crippen LogP contribution is 2.25. The van der Waals surface area contributed by atoms with Crippen LogP contribution in [0.4, 0.5) is 11.4 Å². The number of halogens is 2. The molecule has 0 spiro atoms. The van der Waals surface area contributed by atoms with Gasteiger partial charge in [-0.2, -0.15) is 0 Å². The monoisotopic (exact) mass is 1060 g/mol. The van der Waals surface area contributed by atoms with E-state index < -0.39 is 41.8 Å². The molecule has 63 heavy (non-hydrogen) atoms. The highest BCUT2D eigenvalue weighted by atomic mass is 127. The van der Waals surface area contributed by atoms with Crippen molar-refractivity contribution in [1.29, 1.82) is 0 Å². The van der Waals surface area contributed by atoms with E-state index in [-0.39, 0.29) is 31.6 Å². The van der Waals surface area contributed by atoms with Crippen LogP contribution in [0, 0.1) is 10.5 Å². The number of carbonyl (C=O) groups excluding carboxylic acids is 2. The summed E-state index contributed by atoms with van der Waals surface area (Å²) in [5, 5.41) is 0.295. The number of hydrogen-bond donors (Lipinski definition) is 2. The van der Waals surface area contributed by atoms with Gasteiger partial charge in [0.2, 0.25) is 0 Å². The maximum absolute atomic E-state index is 12.4.